The highest BCUT2D eigenvalue weighted by Crippen LogP contribution is 2.25. The van der Waals surface area contributed by atoms with Crippen LogP contribution >= 0.6 is 0 Å². The number of carbonyl (C=O) groups is 1. The molecule has 0 aliphatic carbocycles. The van der Waals surface area contributed by atoms with E-state index in [1.165, 1.54) is 6.08 Å². The van der Waals surface area contributed by atoms with Crippen molar-refractivity contribution in [1.82, 2.24) is 0 Å². The first-order valence-electron chi connectivity index (χ1n) is 8.09. The maximum Gasteiger partial charge on any atom is 0.344 e. The predicted molar refractivity (Wildman–Crippen MR) is 102 cm³/mol. The largest absolute Gasteiger partial charge is 0.489 e. The van der Waals surface area contributed by atoms with Crippen LogP contribution < -0.4 is 9.47 Å². The van der Waals surface area contributed by atoms with Crippen molar-refractivity contribution in [1.29, 1.82) is 0 Å². The average molecular weight is 351 g/mol. The number of benzene rings is 2. The van der Waals surface area contributed by atoms with Crippen molar-refractivity contribution in [2.24, 2.45) is 4.99 Å². The van der Waals surface area contributed by atoms with Gasteiger partial charge in [0, 0.05) is 17.8 Å². The fraction of sp³-hybridized carbons (Fsp3) is 0.143. The van der Waals surface area contributed by atoms with Crippen molar-refractivity contribution in [2.45, 2.75) is 0 Å². The molecule has 2 rings (SSSR count). The van der Waals surface area contributed by atoms with Crippen molar-refractivity contribution < 1.29 is 19.0 Å². The van der Waals surface area contributed by atoms with E-state index in [0.29, 0.717) is 18.1 Å². The first-order valence-corrected chi connectivity index (χ1v) is 8.09. The van der Waals surface area contributed by atoms with Gasteiger partial charge < -0.3 is 14.2 Å². The molecule has 2 aromatic carbocycles. The molecule has 2 aromatic rings. The van der Waals surface area contributed by atoms with E-state index in [2.05, 4.69) is 18.2 Å². The van der Waals surface area contributed by atoms with Gasteiger partial charge >= 0.3 is 5.97 Å². The van der Waals surface area contributed by atoms with Crippen molar-refractivity contribution in [2.75, 3.05) is 19.8 Å². The molecule has 0 saturated heterocycles. The van der Waals surface area contributed by atoms with Crippen LogP contribution in [0.1, 0.15) is 5.56 Å². The number of para-hydroxylation sites is 1. The Hall–Kier alpha value is -3.34. The van der Waals surface area contributed by atoms with Crippen LogP contribution in [-0.2, 0) is 9.53 Å². The number of nitrogens with zero attached hydrogens (tertiary/aromatic N) is 1. The van der Waals surface area contributed by atoms with E-state index in [4.69, 9.17) is 14.2 Å². The highest BCUT2D eigenvalue weighted by atomic mass is 16.6. The Morgan fingerprint density at radius 1 is 1.00 bits per heavy atom. The quantitative estimate of drug-likeness (QED) is 0.367. The number of hydrogen-bond donors (Lipinski definition) is 0. The van der Waals surface area contributed by atoms with Gasteiger partial charge in [0.05, 0.1) is 5.69 Å². The monoisotopic (exact) mass is 351 g/mol. The minimum absolute atomic E-state index is 0.158. The second kappa shape index (κ2) is 10.5. The molecule has 0 radical (unpaired) electrons. The summed E-state index contributed by atoms with van der Waals surface area (Å²) in [5.74, 6) is 0.617. The lowest BCUT2D eigenvalue weighted by atomic mass is 10.2. The molecule has 0 aliphatic rings. The minimum atomic E-state index is -0.465. The van der Waals surface area contributed by atoms with Crippen LogP contribution in [0.15, 0.2) is 78.8 Å². The molecule has 0 bridgehead atoms. The van der Waals surface area contributed by atoms with Crippen LogP contribution in [0.4, 0.5) is 5.69 Å². The third-order valence-electron chi connectivity index (χ3n) is 3.17. The first-order chi connectivity index (χ1) is 12.7. The van der Waals surface area contributed by atoms with Crippen molar-refractivity contribution >= 4 is 17.9 Å². The molecule has 0 unspecified atom stereocenters. The molecule has 0 N–H and O–H groups in total. The molecular weight excluding hydrogens is 330 g/mol. The molecule has 134 valence electrons. The standard InChI is InChI=1S/C21H21NO4/c1-3-12-24-20-14-19(26-16-21(23)25-13-4-2)11-10-17(20)15-22-18-8-6-5-7-9-18/h3-11,14-15H,1-2,12-13,16H2. The van der Waals surface area contributed by atoms with E-state index in [-0.39, 0.29) is 13.2 Å². The van der Waals surface area contributed by atoms with E-state index in [9.17, 15) is 4.79 Å². The van der Waals surface area contributed by atoms with Crippen LogP contribution in [0.5, 0.6) is 11.5 Å². The van der Waals surface area contributed by atoms with Crippen molar-refractivity contribution in [3.8, 4) is 11.5 Å². The fourth-order valence-electron chi connectivity index (χ4n) is 1.98. The van der Waals surface area contributed by atoms with Gasteiger partial charge in [-0.2, -0.15) is 0 Å². The van der Waals surface area contributed by atoms with E-state index < -0.39 is 5.97 Å². The lowest BCUT2D eigenvalue weighted by molar-refractivity contribution is -0.144. The van der Waals surface area contributed by atoms with Gasteiger partial charge in [0.25, 0.3) is 0 Å². The first kappa shape index (κ1) is 19.0. The number of hydrogen-bond acceptors (Lipinski definition) is 5. The van der Waals surface area contributed by atoms with Crippen LogP contribution in [0.3, 0.4) is 0 Å². The van der Waals surface area contributed by atoms with Crippen LogP contribution in [0.2, 0.25) is 0 Å². The molecule has 0 saturated carbocycles. The van der Waals surface area contributed by atoms with Gasteiger partial charge in [-0.1, -0.05) is 43.5 Å². The number of ether oxygens (including phenoxy) is 3. The average Bonchev–Trinajstić information content (AvgIpc) is 2.68. The van der Waals surface area contributed by atoms with E-state index in [0.717, 1.165) is 11.3 Å². The minimum Gasteiger partial charge on any atom is -0.489 e. The maximum atomic E-state index is 11.5. The number of carbonyl (C=O) groups excluding carboxylic acids is 1. The molecule has 0 aliphatic heterocycles. The topological polar surface area (TPSA) is 57.1 Å². The van der Waals surface area contributed by atoms with Gasteiger partial charge in [0.1, 0.15) is 24.7 Å². The van der Waals surface area contributed by atoms with Gasteiger partial charge in [-0.25, -0.2) is 4.79 Å². The molecule has 0 fully saturated rings. The Bertz CT molecular complexity index is 769. The number of rotatable bonds is 10. The second-order valence-electron chi connectivity index (χ2n) is 5.15. The Labute approximate surface area is 153 Å². The zero-order chi connectivity index (χ0) is 18.6. The van der Waals surface area contributed by atoms with Gasteiger partial charge in [-0.15, -0.1) is 0 Å². The smallest absolute Gasteiger partial charge is 0.344 e. The van der Waals surface area contributed by atoms with Gasteiger partial charge in [0.2, 0.25) is 0 Å². The molecule has 0 amide bonds. The second-order valence-corrected chi connectivity index (χ2v) is 5.15. The summed E-state index contributed by atoms with van der Waals surface area (Å²) in [4.78, 5) is 15.9. The molecule has 0 spiro atoms. The van der Waals surface area contributed by atoms with E-state index in [1.807, 2.05) is 36.4 Å². The molecule has 0 aromatic heterocycles. The summed E-state index contributed by atoms with van der Waals surface area (Å²) in [7, 11) is 0. The molecule has 26 heavy (non-hydrogen) atoms. The van der Waals surface area contributed by atoms with Gasteiger partial charge in [0.15, 0.2) is 6.61 Å². The molecule has 5 nitrogen and oxygen atoms in total. The van der Waals surface area contributed by atoms with Crippen LogP contribution in [0, 0.1) is 0 Å². The third kappa shape index (κ3) is 6.28. The lowest BCUT2D eigenvalue weighted by Crippen LogP contribution is -2.14. The summed E-state index contributed by atoms with van der Waals surface area (Å²) >= 11 is 0. The molecule has 5 heteroatoms. The summed E-state index contributed by atoms with van der Waals surface area (Å²) in [6.07, 6.45) is 4.87. The van der Waals surface area contributed by atoms with Crippen LogP contribution in [0.25, 0.3) is 0 Å². The summed E-state index contributed by atoms with van der Waals surface area (Å²) in [5.41, 5.74) is 1.63. The van der Waals surface area contributed by atoms with Crippen molar-refractivity contribution in [3.63, 3.8) is 0 Å². The maximum absolute atomic E-state index is 11.5. The van der Waals surface area contributed by atoms with Gasteiger partial charge in [-0.3, -0.25) is 4.99 Å². The zero-order valence-corrected chi connectivity index (χ0v) is 14.5. The Kier molecular flexibility index (Phi) is 7.68. The highest BCUT2D eigenvalue weighted by Gasteiger charge is 2.07. The zero-order valence-electron chi connectivity index (χ0n) is 14.5. The van der Waals surface area contributed by atoms with Gasteiger partial charge in [-0.05, 0) is 24.3 Å². The Balaban J connectivity index is 2.10. The predicted octanol–water partition coefficient (Wildman–Crippen LogP) is 4.11. The Morgan fingerprint density at radius 3 is 2.50 bits per heavy atom. The summed E-state index contributed by atoms with van der Waals surface area (Å²) in [5, 5.41) is 0. The molecular formula is C21H21NO4. The lowest BCUT2D eigenvalue weighted by Gasteiger charge is -2.11. The van der Waals surface area contributed by atoms with E-state index in [1.54, 1.807) is 24.4 Å². The number of aliphatic imine (C=N–C) groups is 1. The normalized spacial score (nSPS) is 10.3. The van der Waals surface area contributed by atoms with Crippen molar-refractivity contribution in [3.05, 3.63) is 79.4 Å². The summed E-state index contributed by atoms with van der Waals surface area (Å²) in [6, 6.07) is 14.9. The SMILES string of the molecule is C=CCOC(=O)COc1ccc(C=Nc2ccccc2)c(OCC=C)c1. The van der Waals surface area contributed by atoms with E-state index >= 15 is 0 Å². The highest BCUT2D eigenvalue weighted by molar-refractivity contribution is 5.85. The molecule has 0 heterocycles. The summed E-state index contributed by atoms with van der Waals surface area (Å²) < 4.78 is 16.0. The van der Waals surface area contributed by atoms with Crippen LogP contribution in [-0.4, -0.2) is 32.0 Å². The number of esters is 1. The third-order valence-corrected chi connectivity index (χ3v) is 3.17. The molecule has 0 atom stereocenters. The Morgan fingerprint density at radius 2 is 1.77 bits per heavy atom. The fourth-order valence-corrected chi connectivity index (χ4v) is 1.98. The summed E-state index contributed by atoms with van der Waals surface area (Å²) in [6.45, 7) is 7.45.